The molecule has 4 nitrogen and oxygen atoms in total. The first-order valence-corrected chi connectivity index (χ1v) is 4.43. The van der Waals surface area contributed by atoms with Crippen molar-refractivity contribution in [3.63, 3.8) is 0 Å². The van der Waals surface area contributed by atoms with Gasteiger partial charge in [0.15, 0.2) is 0 Å². The summed E-state index contributed by atoms with van der Waals surface area (Å²) >= 11 is 0. The molecule has 1 fully saturated rings. The van der Waals surface area contributed by atoms with Gasteiger partial charge in [0.1, 0.15) is 6.04 Å². The van der Waals surface area contributed by atoms with E-state index in [0.717, 1.165) is 6.42 Å². The van der Waals surface area contributed by atoms with Crippen LogP contribution in [0.2, 0.25) is 0 Å². The topological polar surface area (TPSA) is 49.4 Å². The smallest absolute Gasteiger partial charge is 0.325 e. The van der Waals surface area contributed by atoms with Crippen LogP contribution in [-0.2, 0) is 4.79 Å². The van der Waals surface area contributed by atoms with Crippen LogP contribution < -0.4 is 5.32 Å². The largest absolute Gasteiger partial charge is 0.326 e. The molecule has 1 N–H and O–H groups in total. The summed E-state index contributed by atoms with van der Waals surface area (Å²) < 4.78 is 0. The van der Waals surface area contributed by atoms with E-state index in [-0.39, 0.29) is 18.0 Å². The maximum atomic E-state index is 11.3. The van der Waals surface area contributed by atoms with E-state index in [0.29, 0.717) is 6.54 Å². The van der Waals surface area contributed by atoms with E-state index in [1.54, 1.807) is 6.92 Å². The first-order chi connectivity index (χ1) is 6.16. The van der Waals surface area contributed by atoms with Crippen molar-refractivity contribution in [2.75, 3.05) is 6.54 Å². The number of allylic oxidation sites excluding steroid dienone is 1. The highest BCUT2D eigenvalue weighted by atomic mass is 16.2. The first-order valence-electron chi connectivity index (χ1n) is 4.43. The third-order valence-corrected chi connectivity index (χ3v) is 1.91. The molecule has 0 spiro atoms. The Balaban J connectivity index is 2.54. The molecule has 0 aliphatic carbocycles. The van der Waals surface area contributed by atoms with Gasteiger partial charge in [0.05, 0.1) is 0 Å². The average Bonchev–Trinajstić information content (AvgIpc) is 2.32. The van der Waals surface area contributed by atoms with Crippen LogP contribution in [0.4, 0.5) is 4.79 Å². The van der Waals surface area contributed by atoms with Crippen LogP contribution in [-0.4, -0.2) is 29.4 Å². The van der Waals surface area contributed by atoms with Crippen LogP contribution >= 0.6 is 0 Å². The van der Waals surface area contributed by atoms with Crippen LogP contribution in [0.1, 0.15) is 20.3 Å². The van der Waals surface area contributed by atoms with Gasteiger partial charge >= 0.3 is 6.03 Å². The SMILES string of the molecule is CC/C=C/CN1C(=O)NC(C)C1=O. The number of carbonyl (C=O) groups excluding carboxylic acids is 2. The molecule has 1 saturated heterocycles. The lowest BCUT2D eigenvalue weighted by molar-refractivity contribution is -0.126. The minimum atomic E-state index is -0.373. The minimum Gasteiger partial charge on any atom is -0.326 e. The number of hydrogen-bond donors (Lipinski definition) is 1. The molecule has 1 unspecified atom stereocenters. The van der Waals surface area contributed by atoms with Crippen LogP contribution in [0.25, 0.3) is 0 Å². The van der Waals surface area contributed by atoms with Gasteiger partial charge in [-0.25, -0.2) is 4.79 Å². The molecule has 0 bridgehead atoms. The van der Waals surface area contributed by atoms with Crippen LogP contribution in [0.3, 0.4) is 0 Å². The molecule has 0 saturated carbocycles. The Kier molecular flexibility index (Phi) is 3.06. The van der Waals surface area contributed by atoms with E-state index in [4.69, 9.17) is 0 Å². The number of amides is 3. The zero-order valence-electron chi connectivity index (χ0n) is 7.91. The van der Waals surface area contributed by atoms with Gasteiger partial charge in [-0.1, -0.05) is 19.1 Å². The van der Waals surface area contributed by atoms with Crippen LogP contribution in [0, 0.1) is 0 Å². The minimum absolute atomic E-state index is 0.147. The first kappa shape index (κ1) is 9.77. The molecule has 0 radical (unpaired) electrons. The fourth-order valence-corrected chi connectivity index (χ4v) is 1.18. The van der Waals surface area contributed by atoms with Crippen molar-refractivity contribution in [3.05, 3.63) is 12.2 Å². The number of carbonyl (C=O) groups is 2. The molecular formula is C9H14N2O2. The quantitative estimate of drug-likeness (QED) is 0.520. The monoisotopic (exact) mass is 182 g/mol. The Bertz CT molecular complexity index is 248. The Morgan fingerprint density at radius 2 is 2.15 bits per heavy atom. The van der Waals surface area contributed by atoms with Gasteiger partial charge in [-0.3, -0.25) is 9.69 Å². The third-order valence-electron chi connectivity index (χ3n) is 1.91. The molecule has 3 amide bonds. The Morgan fingerprint density at radius 3 is 2.62 bits per heavy atom. The van der Waals surface area contributed by atoms with Crippen LogP contribution in [0.5, 0.6) is 0 Å². The van der Waals surface area contributed by atoms with E-state index in [1.165, 1.54) is 4.90 Å². The second-order valence-corrected chi connectivity index (χ2v) is 3.00. The van der Waals surface area contributed by atoms with Gasteiger partial charge in [0.25, 0.3) is 5.91 Å². The number of nitrogens with zero attached hydrogens (tertiary/aromatic N) is 1. The summed E-state index contributed by atoms with van der Waals surface area (Å²) in [6.45, 7) is 4.07. The maximum Gasteiger partial charge on any atom is 0.325 e. The molecular weight excluding hydrogens is 168 g/mol. The normalized spacial score (nSPS) is 22.9. The van der Waals surface area contributed by atoms with E-state index in [2.05, 4.69) is 5.32 Å². The number of nitrogens with one attached hydrogen (secondary N) is 1. The second kappa shape index (κ2) is 4.07. The molecule has 1 aliphatic rings. The average molecular weight is 182 g/mol. The summed E-state index contributed by atoms with van der Waals surface area (Å²) in [6.07, 6.45) is 4.68. The molecule has 0 aromatic rings. The molecule has 0 aromatic heterocycles. The summed E-state index contributed by atoms with van der Waals surface area (Å²) in [6, 6.07) is -0.666. The summed E-state index contributed by atoms with van der Waals surface area (Å²) in [5.74, 6) is -0.147. The Labute approximate surface area is 77.6 Å². The summed E-state index contributed by atoms with van der Waals surface area (Å²) in [5, 5.41) is 2.55. The highest BCUT2D eigenvalue weighted by Crippen LogP contribution is 2.05. The number of hydrogen-bond acceptors (Lipinski definition) is 2. The Morgan fingerprint density at radius 1 is 1.46 bits per heavy atom. The zero-order valence-corrected chi connectivity index (χ0v) is 7.91. The van der Waals surface area contributed by atoms with E-state index in [1.807, 2.05) is 19.1 Å². The van der Waals surface area contributed by atoms with E-state index >= 15 is 0 Å². The lowest BCUT2D eigenvalue weighted by atomic mass is 10.3. The van der Waals surface area contributed by atoms with Crippen LogP contribution in [0.15, 0.2) is 12.2 Å². The predicted molar refractivity (Wildman–Crippen MR) is 49.1 cm³/mol. The predicted octanol–water partition coefficient (Wildman–Crippen LogP) is 0.893. The molecule has 1 atom stereocenters. The number of rotatable bonds is 3. The highest BCUT2D eigenvalue weighted by molar-refractivity contribution is 6.04. The van der Waals surface area contributed by atoms with Gasteiger partial charge in [-0.2, -0.15) is 0 Å². The standard InChI is InChI=1S/C9H14N2O2/c1-3-4-5-6-11-8(12)7(2)10-9(11)13/h4-5,7H,3,6H2,1-2H3,(H,10,13)/b5-4+. The molecule has 4 heteroatoms. The van der Waals surface area contributed by atoms with Crippen molar-refractivity contribution in [3.8, 4) is 0 Å². The lowest BCUT2D eigenvalue weighted by Crippen LogP contribution is -2.31. The van der Waals surface area contributed by atoms with Gasteiger partial charge < -0.3 is 5.32 Å². The fraction of sp³-hybridized carbons (Fsp3) is 0.556. The Hall–Kier alpha value is -1.32. The number of urea groups is 1. The van der Waals surface area contributed by atoms with E-state index < -0.39 is 0 Å². The lowest BCUT2D eigenvalue weighted by Gasteiger charge is -2.08. The van der Waals surface area contributed by atoms with E-state index in [9.17, 15) is 9.59 Å². The van der Waals surface area contributed by atoms with Crippen molar-refractivity contribution in [2.45, 2.75) is 26.3 Å². The summed E-state index contributed by atoms with van der Waals surface area (Å²) in [5.41, 5.74) is 0. The summed E-state index contributed by atoms with van der Waals surface area (Å²) in [7, 11) is 0. The summed E-state index contributed by atoms with van der Waals surface area (Å²) in [4.78, 5) is 23.7. The second-order valence-electron chi connectivity index (χ2n) is 3.00. The van der Waals surface area contributed by atoms with Crippen molar-refractivity contribution < 1.29 is 9.59 Å². The zero-order chi connectivity index (χ0) is 9.84. The van der Waals surface area contributed by atoms with Gasteiger partial charge in [0, 0.05) is 6.54 Å². The third kappa shape index (κ3) is 2.08. The molecule has 1 rings (SSSR count). The maximum absolute atomic E-state index is 11.3. The highest BCUT2D eigenvalue weighted by Gasteiger charge is 2.33. The van der Waals surface area contributed by atoms with Crippen molar-refractivity contribution in [1.82, 2.24) is 10.2 Å². The van der Waals surface area contributed by atoms with Gasteiger partial charge in [0.2, 0.25) is 0 Å². The molecule has 72 valence electrons. The van der Waals surface area contributed by atoms with Crippen molar-refractivity contribution in [2.24, 2.45) is 0 Å². The molecule has 13 heavy (non-hydrogen) atoms. The fourth-order valence-electron chi connectivity index (χ4n) is 1.18. The van der Waals surface area contributed by atoms with Crippen molar-refractivity contribution in [1.29, 1.82) is 0 Å². The molecule has 0 aromatic carbocycles. The van der Waals surface area contributed by atoms with Gasteiger partial charge in [-0.05, 0) is 13.3 Å². The number of imide groups is 1. The van der Waals surface area contributed by atoms with Crippen molar-refractivity contribution >= 4 is 11.9 Å². The molecule has 1 aliphatic heterocycles. The molecule has 1 heterocycles. The van der Waals surface area contributed by atoms with Gasteiger partial charge in [-0.15, -0.1) is 0 Å².